The topological polar surface area (TPSA) is 22.1 Å². The minimum absolute atomic E-state index is 0.0267. The van der Waals surface area contributed by atoms with Gasteiger partial charge in [0.25, 0.3) is 6.43 Å². The van der Waals surface area contributed by atoms with E-state index in [9.17, 15) is 8.78 Å². The van der Waals surface area contributed by atoms with Crippen LogP contribution < -0.4 is 4.74 Å². The number of ether oxygens (including phenoxy) is 1. The molecule has 1 rings (SSSR count). The molecule has 1 heterocycles. The third-order valence-electron chi connectivity index (χ3n) is 1.40. The molecule has 0 aliphatic rings. The molecule has 0 aliphatic heterocycles. The first-order valence-electron chi connectivity index (χ1n) is 3.24. The fourth-order valence-electron chi connectivity index (χ4n) is 0.789. The van der Waals surface area contributed by atoms with Crippen LogP contribution in [0, 0.1) is 0 Å². The second-order valence-electron chi connectivity index (χ2n) is 2.15. The predicted octanol–water partition coefficient (Wildman–Crippen LogP) is 3.33. The standard InChI is InChI=1S/C7H5Cl2F2NO/c1-13-5-4(8)3(7(10)11)2-12-6(5)9/h2,7H,1H3. The molecule has 6 heteroatoms. The maximum Gasteiger partial charge on any atom is 0.266 e. The van der Waals surface area contributed by atoms with E-state index in [2.05, 4.69) is 4.98 Å². The van der Waals surface area contributed by atoms with Gasteiger partial charge in [0, 0.05) is 6.20 Å². The second-order valence-corrected chi connectivity index (χ2v) is 2.89. The lowest BCUT2D eigenvalue weighted by Gasteiger charge is -2.08. The van der Waals surface area contributed by atoms with E-state index in [0.717, 1.165) is 6.20 Å². The normalized spacial score (nSPS) is 10.6. The van der Waals surface area contributed by atoms with Gasteiger partial charge in [0.05, 0.1) is 17.7 Å². The molecule has 0 fully saturated rings. The molecule has 13 heavy (non-hydrogen) atoms. The Morgan fingerprint density at radius 1 is 1.46 bits per heavy atom. The summed E-state index contributed by atoms with van der Waals surface area (Å²) in [5.41, 5.74) is -0.386. The smallest absolute Gasteiger partial charge is 0.266 e. The van der Waals surface area contributed by atoms with Crippen molar-refractivity contribution in [2.45, 2.75) is 6.43 Å². The van der Waals surface area contributed by atoms with Gasteiger partial charge in [-0.05, 0) is 0 Å². The van der Waals surface area contributed by atoms with Crippen LogP contribution in [-0.2, 0) is 0 Å². The van der Waals surface area contributed by atoms with Gasteiger partial charge in [0.1, 0.15) is 0 Å². The largest absolute Gasteiger partial charge is 0.492 e. The first-order chi connectivity index (χ1) is 6.07. The summed E-state index contributed by atoms with van der Waals surface area (Å²) < 4.78 is 29.2. The average molecular weight is 228 g/mol. The zero-order chi connectivity index (χ0) is 10.0. The monoisotopic (exact) mass is 227 g/mol. The third kappa shape index (κ3) is 2.00. The number of halogens is 4. The lowest BCUT2D eigenvalue weighted by Crippen LogP contribution is -1.94. The Kier molecular flexibility index (Phi) is 3.27. The predicted molar refractivity (Wildman–Crippen MR) is 45.8 cm³/mol. The molecule has 0 aromatic carbocycles. The molecule has 0 N–H and O–H groups in total. The molecule has 0 radical (unpaired) electrons. The fraction of sp³-hybridized carbons (Fsp3) is 0.286. The summed E-state index contributed by atoms with van der Waals surface area (Å²) in [7, 11) is 1.28. The number of hydrogen-bond acceptors (Lipinski definition) is 2. The number of pyridine rings is 1. The minimum Gasteiger partial charge on any atom is -0.492 e. The van der Waals surface area contributed by atoms with Gasteiger partial charge in [-0.3, -0.25) is 0 Å². The Morgan fingerprint density at radius 2 is 2.08 bits per heavy atom. The summed E-state index contributed by atoms with van der Waals surface area (Å²) in [6, 6.07) is 0. The number of nitrogens with zero attached hydrogens (tertiary/aromatic N) is 1. The van der Waals surface area contributed by atoms with Gasteiger partial charge in [0.15, 0.2) is 10.9 Å². The number of hydrogen-bond donors (Lipinski definition) is 0. The van der Waals surface area contributed by atoms with Crippen LogP contribution in [-0.4, -0.2) is 12.1 Å². The van der Waals surface area contributed by atoms with Crippen LogP contribution in [0.15, 0.2) is 6.20 Å². The van der Waals surface area contributed by atoms with Gasteiger partial charge in [-0.2, -0.15) is 0 Å². The van der Waals surface area contributed by atoms with E-state index < -0.39 is 6.43 Å². The molecular formula is C7H5Cl2F2NO. The van der Waals surface area contributed by atoms with Gasteiger partial charge >= 0.3 is 0 Å². The van der Waals surface area contributed by atoms with Gasteiger partial charge in [0.2, 0.25) is 0 Å². The molecule has 0 saturated carbocycles. The lowest BCUT2D eigenvalue weighted by molar-refractivity contribution is 0.150. The van der Waals surface area contributed by atoms with Crippen LogP contribution in [0.25, 0.3) is 0 Å². The molecule has 0 bridgehead atoms. The third-order valence-corrected chi connectivity index (χ3v) is 2.06. The van der Waals surface area contributed by atoms with Crippen LogP contribution in [0.4, 0.5) is 8.78 Å². The van der Waals surface area contributed by atoms with Crippen molar-refractivity contribution in [1.82, 2.24) is 4.98 Å². The number of aromatic nitrogens is 1. The summed E-state index contributed by atoms with van der Waals surface area (Å²) in [4.78, 5) is 3.51. The van der Waals surface area contributed by atoms with Crippen molar-refractivity contribution in [1.29, 1.82) is 0 Å². The summed E-state index contributed by atoms with van der Waals surface area (Å²) >= 11 is 11.1. The molecule has 1 aromatic rings. The Labute approximate surface area is 83.4 Å². The van der Waals surface area contributed by atoms with Gasteiger partial charge < -0.3 is 4.74 Å². The van der Waals surface area contributed by atoms with Crippen molar-refractivity contribution in [3.05, 3.63) is 21.9 Å². The number of alkyl halides is 2. The minimum atomic E-state index is -2.69. The summed E-state index contributed by atoms with van der Waals surface area (Å²) in [6.07, 6.45) is -1.76. The van der Waals surface area contributed by atoms with Crippen LogP contribution in [0.5, 0.6) is 5.75 Å². The molecule has 0 atom stereocenters. The van der Waals surface area contributed by atoms with Crippen molar-refractivity contribution in [3.63, 3.8) is 0 Å². The van der Waals surface area contributed by atoms with E-state index in [0.29, 0.717) is 0 Å². The van der Waals surface area contributed by atoms with Gasteiger partial charge in [-0.1, -0.05) is 23.2 Å². The second kappa shape index (κ2) is 4.07. The fourth-order valence-corrected chi connectivity index (χ4v) is 1.36. The summed E-state index contributed by atoms with van der Waals surface area (Å²) in [5.74, 6) is -0.0267. The van der Waals surface area contributed by atoms with Crippen LogP contribution >= 0.6 is 23.2 Å². The first-order valence-corrected chi connectivity index (χ1v) is 3.99. The number of rotatable bonds is 2. The van der Waals surface area contributed by atoms with E-state index >= 15 is 0 Å². The molecule has 0 aliphatic carbocycles. The summed E-state index contributed by atoms with van der Waals surface area (Å²) in [6.45, 7) is 0. The first kappa shape index (κ1) is 10.5. The lowest BCUT2D eigenvalue weighted by atomic mass is 10.3. The molecule has 0 amide bonds. The highest BCUT2D eigenvalue weighted by atomic mass is 35.5. The maximum absolute atomic E-state index is 12.3. The molecule has 72 valence electrons. The highest BCUT2D eigenvalue weighted by Gasteiger charge is 2.18. The van der Waals surface area contributed by atoms with Crippen molar-refractivity contribution in [3.8, 4) is 5.75 Å². The zero-order valence-electron chi connectivity index (χ0n) is 6.52. The average Bonchev–Trinajstić information content (AvgIpc) is 2.04. The highest BCUT2D eigenvalue weighted by molar-refractivity contribution is 6.36. The molecule has 1 aromatic heterocycles. The van der Waals surface area contributed by atoms with Crippen molar-refractivity contribution >= 4 is 23.2 Å². The molecule has 0 unspecified atom stereocenters. The van der Waals surface area contributed by atoms with Gasteiger partial charge in [-0.25, -0.2) is 13.8 Å². The zero-order valence-corrected chi connectivity index (χ0v) is 8.03. The van der Waals surface area contributed by atoms with E-state index in [1.807, 2.05) is 0 Å². The SMILES string of the molecule is COc1c(Cl)ncc(C(F)F)c1Cl. The molecular weight excluding hydrogens is 223 g/mol. The van der Waals surface area contributed by atoms with Gasteiger partial charge in [-0.15, -0.1) is 0 Å². The highest BCUT2D eigenvalue weighted by Crippen LogP contribution is 2.37. The van der Waals surface area contributed by atoms with Crippen LogP contribution in [0.1, 0.15) is 12.0 Å². The quantitative estimate of drug-likeness (QED) is 0.724. The van der Waals surface area contributed by atoms with Crippen LogP contribution in [0.2, 0.25) is 10.2 Å². The van der Waals surface area contributed by atoms with Crippen molar-refractivity contribution in [2.24, 2.45) is 0 Å². The molecule has 0 saturated heterocycles. The molecule has 0 spiro atoms. The summed E-state index contributed by atoms with van der Waals surface area (Å²) in [5, 5.41) is -0.227. The Morgan fingerprint density at radius 3 is 2.54 bits per heavy atom. The Hall–Kier alpha value is -0.610. The van der Waals surface area contributed by atoms with Crippen molar-refractivity contribution < 1.29 is 13.5 Å². The van der Waals surface area contributed by atoms with Crippen LogP contribution in [0.3, 0.4) is 0 Å². The van der Waals surface area contributed by atoms with E-state index in [-0.39, 0.29) is 21.5 Å². The van der Waals surface area contributed by atoms with E-state index in [1.165, 1.54) is 7.11 Å². The van der Waals surface area contributed by atoms with E-state index in [4.69, 9.17) is 27.9 Å². The Bertz CT molecular complexity index is 320. The maximum atomic E-state index is 12.3. The van der Waals surface area contributed by atoms with Crippen molar-refractivity contribution in [2.75, 3.05) is 7.11 Å². The number of methoxy groups -OCH3 is 1. The van der Waals surface area contributed by atoms with E-state index in [1.54, 1.807) is 0 Å². The Balaban J connectivity index is 3.27. The molecule has 2 nitrogen and oxygen atoms in total.